The Morgan fingerprint density at radius 2 is 1.96 bits per heavy atom. The third-order valence-corrected chi connectivity index (χ3v) is 5.09. The van der Waals surface area contributed by atoms with Crippen molar-refractivity contribution < 1.29 is 9.59 Å². The van der Waals surface area contributed by atoms with E-state index in [-0.39, 0.29) is 11.6 Å². The molecule has 2 N–H and O–H groups in total. The van der Waals surface area contributed by atoms with Gasteiger partial charge in [0, 0.05) is 24.7 Å². The Morgan fingerprint density at radius 1 is 1.13 bits per heavy atom. The van der Waals surface area contributed by atoms with E-state index in [0.29, 0.717) is 11.8 Å². The highest BCUT2D eigenvalue weighted by molar-refractivity contribution is 5.90. The standard InChI is InChI=1S/C17H24N4O2/c18-16(22)15-10-14(19-11-20-15)9-12-3-2-7-21(8-6-12)17(23)13-4-1-5-13/h10-13H,1-9H2,(H2,18,22). The maximum atomic E-state index is 12.4. The molecule has 23 heavy (non-hydrogen) atoms. The Hall–Kier alpha value is -1.98. The summed E-state index contributed by atoms with van der Waals surface area (Å²) in [5.41, 5.74) is 6.39. The fourth-order valence-electron chi connectivity index (χ4n) is 3.44. The lowest BCUT2D eigenvalue weighted by Crippen LogP contribution is -2.39. The normalized spacial score (nSPS) is 22.3. The van der Waals surface area contributed by atoms with E-state index in [0.717, 1.165) is 57.3 Å². The molecule has 6 heteroatoms. The lowest BCUT2D eigenvalue weighted by Gasteiger charge is -2.31. The summed E-state index contributed by atoms with van der Waals surface area (Å²) in [6.07, 6.45) is 8.66. The van der Waals surface area contributed by atoms with Crippen molar-refractivity contribution in [3.05, 3.63) is 23.8 Å². The van der Waals surface area contributed by atoms with E-state index >= 15 is 0 Å². The monoisotopic (exact) mass is 316 g/mol. The van der Waals surface area contributed by atoms with Gasteiger partial charge in [-0.3, -0.25) is 9.59 Å². The first-order valence-corrected chi connectivity index (χ1v) is 8.53. The smallest absolute Gasteiger partial charge is 0.267 e. The van der Waals surface area contributed by atoms with Crippen molar-refractivity contribution in [2.75, 3.05) is 13.1 Å². The van der Waals surface area contributed by atoms with Crippen LogP contribution in [0, 0.1) is 11.8 Å². The Morgan fingerprint density at radius 3 is 2.65 bits per heavy atom. The summed E-state index contributed by atoms with van der Waals surface area (Å²) in [5.74, 6) is 0.609. The minimum Gasteiger partial charge on any atom is -0.364 e. The fourth-order valence-corrected chi connectivity index (χ4v) is 3.44. The van der Waals surface area contributed by atoms with Gasteiger partial charge in [-0.25, -0.2) is 9.97 Å². The number of amides is 2. The Labute approximate surface area is 136 Å². The van der Waals surface area contributed by atoms with Crippen LogP contribution in [0.2, 0.25) is 0 Å². The molecule has 0 bridgehead atoms. The topological polar surface area (TPSA) is 89.2 Å². The van der Waals surface area contributed by atoms with Gasteiger partial charge in [0.2, 0.25) is 5.91 Å². The van der Waals surface area contributed by atoms with Gasteiger partial charge >= 0.3 is 0 Å². The molecule has 2 amide bonds. The van der Waals surface area contributed by atoms with Crippen molar-refractivity contribution in [1.29, 1.82) is 0 Å². The second-order valence-electron chi connectivity index (χ2n) is 6.71. The number of carbonyl (C=O) groups is 2. The van der Waals surface area contributed by atoms with Gasteiger partial charge in [-0.15, -0.1) is 0 Å². The van der Waals surface area contributed by atoms with E-state index < -0.39 is 5.91 Å². The van der Waals surface area contributed by atoms with Gasteiger partial charge in [0.05, 0.1) is 0 Å². The van der Waals surface area contributed by atoms with Gasteiger partial charge in [0.1, 0.15) is 12.0 Å². The van der Waals surface area contributed by atoms with Gasteiger partial charge < -0.3 is 10.6 Å². The van der Waals surface area contributed by atoms with Crippen LogP contribution in [0.15, 0.2) is 12.4 Å². The molecule has 1 atom stereocenters. The molecule has 3 rings (SSSR count). The van der Waals surface area contributed by atoms with Crippen molar-refractivity contribution in [2.24, 2.45) is 17.6 Å². The van der Waals surface area contributed by atoms with Crippen molar-refractivity contribution in [3.8, 4) is 0 Å². The van der Waals surface area contributed by atoms with Gasteiger partial charge in [0.25, 0.3) is 5.91 Å². The average molecular weight is 316 g/mol. The van der Waals surface area contributed by atoms with Crippen LogP contribution in [0.4, 0.5) is 0 Å². The lowest BCUT2D eigenvalue weighted by molar-refractivity contribution is -0.138. The Balaban J connectivity index is 1.56. The number of carbonyl (C=O) groups excluding carboxylic acids is 2. The van der Waals surface area contributed by atoms with Crippen LogP contribution in [-0.4, -0.2) is 39.8 Å². The highest BCUT2D eigenvalue weighted by Gasteiger charge is 2.30. The zero-order valence-corrected chi connectivity index (χ0v) is 13.4. The fraction of sp³-hybridized carbons (Fsp3) is 0.647. The van der Waals surface area contributed by atoms with E-state index in [1.54, 1.807) is 6.07 Å². The Kier molecular flexibility index (Phi) is 4.88. The van der Waals surface area contributed by atoms with Gasteiger partial charge in [-0.05, 0) is 50.5 Å². The van der Waals surface area contributed by atoms with Crippen molar-refractivity contribution in [1.82, 2.24) is 14.9 Å². The molecule has 1 saturated carbocycles. The van der Waals surface area contributed by atoms with Gasteiger partial charge in [0.15, 0.2) is 0 Å². The molecule has 1 saturated heterocycles. The molecule has 1 unspecified atom stereocenters. The zero-order valence-electron chi connectivity index (χ0n) is 13.4. The minimum absolute atomic E-state index is 0.269. The average Bonchev–Trinajstić information content (AvgIpc) is 2.71. The zero-order chi connectivity index (χ0) is 16.2. The molecular weight excluding hydrogens is 292 g/mol. The summed E-state index contributed by atoms with van der Waals surface area (Å²) in [6.45, 7) is 1.72. The molecule has 0 spiro atoms. The first-order chi connectivity index (χ1) is 11.1. The number of hydrogen-bond donors (Lipinski definition) is 1. The molecule has 1 aromatic heterocycles. The maximum Gasteiger partial charge on any atom is 0.267 e. The maximum absolute atomic E-state index is 12.4. The molecule has 2 heterocycles. The van der Waals surface area contributed by atoms with Crippen LogP contribution < -0.4 is 5.73 Å². The van der Waals surface area contributed by atoms with Crippen molar-refractivity contribution >= 4 is 11.8 Å². The number of likely N-dealkylation sites (tertiary alicyclic amines) is 1. The number of nitrogens with two attached hydrogens (primary N) is 1. The molecule has 1 aromatic rings. The first kappa shape index (κ1) is 15.9. The van der Waals surface area contributed by atoms with E-state index in [4.69, 9.17) is 5.73 Å². The number of hydrogen-bond acceptors (Lipinski definition) is 4. The summed E-state index contributed by atoms with van der Waals surface area (Å²) in [6, 6.07) is 1.69. The molecule has 0 aromatic carbocycles. The highest BCUT2D eigenvalue weighted by atomic mass is 16.2. The molecule has 1 aliphatic carbocycles. The largest absolute Gasteiger partial charge is 0.364 e. The third-order valence-electron chi connectivity index (χ3n) is 5.09. The number of rotatable bonds is 4. The molecule has 124 valence electrons. The third kappa shape index (κ3) is 3.86. The quantitative estimate of drug-likeness (QED) is 0.912. The van der Waals surface area contributed by atoms with Crippen LogP contribution in [0.5, 0.6) is 0 Å². The molecule has 6 nitrogen and oxygen atoms in total. The molecule has 0 radical (unpaired) electrons. The summed E-state index contributed by atoms with van der Waals surface area (Å²) in [7, 11) is 0. The number of aromatic nitrogens is 2. The van der Waals surface area contributed by atoms with Crippen LogP contribution in [0.1, 0.15) is 54.7 Å². The molecule has 2 aliphatic rings. The van der Waals surface area contributed by atoms with Crippen molar-refractivity contribution in [3.63, 3.8) is 0 Å². The van der Waals surface area contributed by atoms with Crippen LogP contribution in [0.25, 0.3) is 0 Å². The second kappa shape index (κ2) is 7.06. The van der Waals surface area contributed by atoms with Gasteiger partial charge in [-0.1, -0.05) is 6.42 Å². The van der Waals surface area contributed by atoms with Crippen LogP contribution in [0.3, 0.4) is 0 Å². The summed E-state index contributed by atoms with van der Waals surface area (Å²) >= 11 is 0. The summed E-state index contributed by atoms with van der Waals surface area (Å²) in [5, 5.41) is 0. The summed E-state index contributed by atoms with van der Waals surface area (Å²) in [4.78, 5) is 33.8. The molecular formula is C17H24N4O2. The first-order valence-electron chi connectivity index (χ1n) is 8.53. The van der Waals surface area contributed by atoms with Crippen molar-refractivity contribution in [2.45, 2.75) is 44.9 Å². The SMILES string of the molecule is NC(=O)c1cc(CC2CCCN(C(=O)C3CCC3)CC2)ncn1. The molecule has 2 fully saturated rings. The highest BCUT2D eigenvalue weighted by Crippen LogP contribution is 2.30. The summed E-state index contributed by atoms with van der Waals surface area (Å²) < 4.78 is 0. The van der Waals surface area contributed by atoms with Crippen LogP contribution >= 0.6 is 0 Å². The van der Waals surface area contributed by atoms with Gasteiger partial charge in [-0.2, -0.15) is 0 Å². The minimum atomic E-state index is -0.521. The van der Waals surface area contributed by atoms with E-state index in [1.165, 1.54) is 12.7 Å². The number of nitrogens with zero attached hydrogens (tertiary/aromatic N) is 3. The Bertz CT molecular complexity index is 586. The van der Waals surface area contributed by atoms with Crippen LogP contribution in [-0.2, 0) is 11.2 Å². The van der Waals surface area contributed by atoms with E-state index in [2.05, 4.69) is 14.9 Å². The van der Waals surface area contributed by atoms with E-state index in [1.807, 2.05) is 0 Å². The second-order valence-corrected chi connectivity index (χ2v) is 6.71. The predicted molar refractivity (Wildman–Crippen MR) is 85.5 cm³/mol. The molecule has 1 aliphatic heterocycles. The van der Waals surface area contributed by atoms with E-state index in [9.17, 15) is 9.59 Å². The predicted octanol–water partition coefficient (Wildman–Crippen LogP) is 1.55. The lowest BCUT2D eigenvalue weighted by atomic mass is 9.84. The number of primary amides is 1.